The molecule has 2 heterocycles. The third kappa shape index (κ3) is 2.42. The number of hydrogen-bond acceptors (Lipinski definition) is 5. The molecule has 19 heavy (non-hydrogen) atoms. The first-order valence-electron chi connectivity index (χ1n) is 5.83. The number of piperidine rings is 1. The maximum atomic E-state index is 12.1. The Kier molecular flexibility index (Phi) is 3.24. The SMILES string of the molecule is Cc1nn(C)c(C(=O)NC2CCC(=O)NC2=O)c1N. The summed E-state index contributed by atoms with van der Waals surface area (Å²) in [6.07, 6.45) is 0.490. The van der Waals surface area contributed by atoms with E-state index in [2.05, 4.69) is 15.7 Å². The number of imide groups is 1. The van der Waals surface area contributed by atoms with Crippen LogP contribution in [0.1, 0.15) is 29.0 Å². The molecule has 102 valence electrons. The van der Waals surface area contributed by atoms with E-state index in [1.165, 1.54) is 4.68 Å². The number of nitrogens with two attached hydrogens (primary N) is 1. The van der Waals surface area contributed by atoms with Gasteiger partial charge in [0.25, 0.3) is 5.91 Å². The molecule has 0 bridgehead atoms. The van der Waals surface area contributed by atoms with Crippen LogP contribution in [0.25, 0.3) is 0 Å². The van der Waals surface area contributed by atoms with E-state index in [-0.39, 0.29) is 30.1 Å². The van der Waals surface area contributed by atoms with Crippen molar-refractivity contribution in [3.63, 3.8) is 0 Å². The average Bonchev–Trinajstić information content (AvgIpc) is 2.57. The van der Waals surface area contributed by atoms with Crippen LogP contribution < -0.4 is 16.4 Å². The number of nitrogens with zero attached hydrogens (tertiary/aromatic N) is 2. The maximum absolute atomic E-state index is 12.1. The van der Waals surface area contributed by atoms with Gasteiger partial charge in [-0.3, -0.25) is 24.4 Å². The van der Waals surface area contributed by atoms with Crippen molar-refractivity contribution in [2.24, 2.45) is 7.05 Å². The fourth-order valence-corrected chi connectivity index (χ4v) is 2.00. The number of rotatable bonds is 2. The van der Waals surface area contributed by atoms with Crippen LogP contribution in [0.3, 0.4) is 0 Å². The van der Waals surface area contributed by atoms with Crippen LogP contribution in [0.15, 0.2) is 0 Å². The van der Waals surface area contributed by atoms with E-state index in [4.69, 9.17) is 5.73 Å². The molecule has 1 fully saturated rings. The molecule has 3 amide bonds. The second-order valence-electron chi connectivity index (χ2n) is 4.45. The van der Waals surface area contributed by atoms with E-state index in [1.807, 2.05) is 0 Å². The van der Waals surface area contributed by atoms with E-state index in [1.54, 1.807) is 14.0 Å². The zero-order valence-corrected chi connectivity index (χ0v) is 10.7. The number of aryl methyl sites for hydroxylation is 2. The Labute approximate surface area is 109 Å². The molecule has 0 saturated carbocycles. The van der Waals surface area contributed by atoms with Crippen LogP contribution in [-0.4, -0.2) is 33.5 Å². The Hall–Kier alpha value is -2.38. The van der Waals surface area contributed by atoms with Crippen LogP contribution in [-0.2, 0) is 16.6 Å². The van der Waals surface area contributed by atoms with Gasteiger partial charge in [-0.15, -0.1) is 0 Å². The lowest BCUT2D eigenvalue weighted by Crippen LogP contribution is -2.52. The summed E-state index contributed by atoms with van der Waals surface area (Å²) in [7, 11) is 1.60. The Morgan fingerprint density at radius 2 is 2.21 bits per heavy atom. The van der Waals surface area contributed by atoms with Gasteiger partial charge in [0, 0.05) is 13.5 Å². The van der Waals surface area contributed by atoms with E-state index in [0.29, 0.717) is 5.69 Å². The summed E-state index contributed by atoms with van der Waals surface area (Å²) in [4.78, 5) is 34.6. The molecular weight excluding hydrogens is 250 g/mol. The van der Waals surface area contributed by atoms with Crippen molar-refractivity contribution < 1.29 is 14.4 Å². The minimum Gasteiger partial charge on any atom is -0.395 e. The third-order valence-corrected chi connectivity index (χ3v) is 3.03. The lowest BCUT2D eigenvalue weighted by atomic mass is 10.1. The molecule has 1 aromatic heterocycles. The van der Waals surface area contributed by atoms with Crippen molar-refractivity contribution in [2.45, 2.75) is 25.8 Å². The monoisotopic (exact) mass is 265 g/mol. The van der Waals surface area contributed by atoms with E-state index < -0.39 is 17.9 Å². The Bertz CT molecular complexity index is 563. The molecule has 1 aliphatic heterocycles. The summed E-state index contributed by atoms with van der Waals surface area (Å²) in [6, 6.07) is -0.722. The van der Waals surface area contributed by atoms with Crippen molar-refractivity contribution in [2.75, 3.05) is 5.73 Å². The molecule has 8 heteroatoms. The van der Waals surface area contributed by atoms with Crippen LogP contribution in [0.5, 0.6) is 0 Å². The number of hydrogen-bond donors (Lipinski definition) is 3. The Balaban J connectivity index is 2.13. The number of anilines is 1. The minimum atomic E-state index is -0.722. The highest BCUT2D eigenvalue weighted by molar-refractivity contribution is 6.04. The van der Waals surface area contributed by atoms with E-state index >= 15 is 0 Å². The second-order valence-corrected chi connectivity index (χ2v) is 4.45. The first-order chi connectivity index (χ1) is 8.90. The van der Waals surface area contributed by atoms with Gasteiger partial charge in [-0.2, -0.15) is 5.10 Å². The molecule has 0 spiro atoms. The first-order valence-corrected chi connectivity index (χ1v) is 5.83. The summed E-state index contributed by atoms with van der Waals surface area (Å²) >= 11 is 0. The molecule has 1 unspecified atom stereocenters. The number of amides is 3. The zero-order chi connectivity index (χ0) is 14.2. The fraction of sp³-hybridized carbons (Fsp3) is 0.455. The standard InChI is InChI=1S/C11H15N5O3/c1-5-8(12)9(16(2)15-5)11(19)13-6-3-4-7(17)14-10(6)18/h6H,3-4,12H2,1-2H3,(H,13,19)(H,14,17,18). The van der Waals surface area contributed by atoms with Crippen LogP contribution >= 0.6 is 0 Å². The molecule has 1 aromatic rings. The number of aromatic nitrogens is 2. The Morgan fingerprint density at radius 3 is 2.74 bits per heavy atom. The molecule has 2 rings (SSSR count). The average molecular weight is 265 g/mol. The maximum Gasteiger partial charge on any atom is 0.272 e. The number of carbonyl (C=O) groups excluding carboxylic acids is 3. The molecule has 1 aliphatic rings. The summed E-state index contributed by atoms with van der Waals surface area (Å²) in [5.41, 5.74) is 6.81. The minimum absolute atomic E-state index is 0.205. The topological polar surface area (TPSA) is 119 Å². The smallest absolute Gasteiger partial charge is 0.272 e. The van der Waals surface area contributed by atoms with Gasteiger partial charge in [-0.1, -0.05) is 0 Å². The van der Waals surface area contributed by atoms with Crippen molar-refractivity contribution in [1.82, 2.24) is 20.4 Å². The summed E-state index contributed by atoms with van der Waals surface area (Å²) < 4.78 is 1.37. The number of nitrogen functional groups attached to an aromatic ring is 1. The predicted molar refractivity (Wildman–Crippen MR) is 66.0 cm³/mol. The highest BCUT2D eigenvalue weighted by Crippen LogP contribution is 2.15. The summed E-state index contributed by atoms with van der Waals surface area (Å²) in [6.45, 7) is 1.69. The summed E-state index contributed by atoms with van der Waals surface area (Å²) in [5, 5.41) is 8.76. The van der Waals surface area contributed by atoms with Gasteiger partial charge in [0.15, 0.2) is 0 Å². The highest BCUT2D eigenvalue weighted by atomic mass is 16.2. The quantitative estimate of drug-likeness (QED) is 0.583. The molecular formula is C11H15N5O3. The highest BCUT2D eigenvalue weighted by Gasteiger charge is 2.29. The van der Waals surface area contributed by atoms with Crippen molar-refractivity contribution in [3.8, 4) is 0 Å². The van der Waals surface area contributed by atoms with Gasteiger partial charge < -0.3 is 11.1 Å². The molecule has 0 radical (unpaired) electrons. The zero-order valence-electron chi connectivity index (χ0n) is 10.7. The normalized spacial score (nSPS) is 19.2. The number of carbonyl (C=O) groups is 3. The molecule has 1 saturated heterocycles. The molecule has 4 N–H and O–H groups in total. The van der Waals surface area contributed by atoms with Crippen molar-refractivity contribution in [3.05, 3.63) is 11.4 Å². The first kappa shape index (κ1) is 13.1. The second kappa shape index (κ2) is 4.71. The van der Waals surface area contributed by atoms with E-state index in [0.717, 1.165) is 0 Å². The van der Waals surface area contributed by atoms with Gasteiger partial charge in [-0.05, 0) is 13.3 Å². The van der Waals surface area contributed by atoms with Crippen LogP contribution in [0.4, 0.5) is 5.69 Å². The van der Waals surface area contributed by atoms with Gasteiger partial charge in [0.1, 0.15) is 11.7 Å². The van der Waals surface area contributed by atoms with Gasteiger partial charge in [-0.25, -0.2) is 0 Å². The Morgan fingerprint density at radius 1 is 1.53 bits per heavy atom. The lowest BCUT2D eigenvalue weighted by Gasteiger charge is -2.21. The van der Waals surface area contributed by atoms with Crippen molar-refractivity contribution >= 4 is 23.4 Å². The molecule has 0 aromatic carbocycles. The van der Waals surface area contributed by atoms with Gasteiger partial charge in [0.2, 0.25) is 11.8 Å². The predicted octanol–water partition coefficient (Wildman–Crippen LogP) is -1.15. The van der Waals surface area contributed by atoms with Gasteiger partial charge in [0.05, 0.1) is 11.4 Å². The molecule has 0 aliphatic carbocycles. The lowest BCUT2D eigenvalue weighted by molar-refractivity contribution is -0.134. The fourth-order valence-electron chi connectivity index (χ4n) is 2.00. The van der Waals surface area contributed by atoms with E-state index in [9.17, 15) is 14.4 Å². The molecule has 8 nitrogen and oxygen atoms in total. The third-order valence-electron chi connectivity index (χ3n) is 3.03. The largest absolute Gasteiger partial charge is 0.395 e. The van der Waals surface area contributed by atoms with Crippen LogP contribution in [0.2, 0.25) is 0 Å². The summed E-state index contributed by atoms with van der Waals surface area (Å²) in [5.74, 6) is -1.30. The number of nitrogens with one attached hydrogen (secondary N) is 2. The van der Waals surface area contributed by atoms with Crippen molar-refractivity contribution in [1.29, 1.82) is 0 Å². The molecule has 1 atom stereocenters. The van der Waals surface area contributed by atoms with Crippen LogP contribution in [0, 0.1) is 6.92 Å². The van der Waals surface area contributed by atoms with Gasteiger partial charge >= 0.3 is 0 Å².